The van der Waals surface area contributed by atoms with Gasteiger partial charge < -0.3 is 9.52 Å². The number of aryl methyl sites for hydroxylation is 1. The van der Waals surface area contributed by atoms with Gasteiger partial charge in [-0.3, -0.25) is 4.79 Å². The molecule has 0 saturated heterocycles. The van der Waals surface area contributed by atoms with Crippen molar-refractivity contribution >= 4 is 23.1 Å². The standard InChI is InChI=1S/C20H20N2O3/c1-12(2)15-6-4-14(5-7-15)10-21-22-20(24)16-8-9-17-18(19(16)23)13(3)11-25-17/h4-12,23H,1-3H3,(H,22,24). The highest BCUT2D eigenvalue weighted by molar-refractivity contribution is 6.03. The zero-order valence-electron chi connectivity index (χ0n) is 14.4. The molecular formula is C20H20N2O3. The topological polar surface area (TPSA) is 74.8 Å². The SMILES string of the molecule is Cc1coc2ccc(C(=O)NN=Cc3ccc(C(C)C)cc3)c(O)c12. The van der Waals surface area contributed by atoms with Crippen LogP contribution in [0.25, 0.3) is 11.0 Å². The summed E-state index contributed by atoms with van der Waals surface area (Å²) in [6, 6.07) is 11.1. The van der Waals surface area contributed by atoms with Gasteiger partial charge in [0.25, 0.3) is 5.91 Å². The van der Waals surface area contributed by atoms with E-state index in [0.29, 0.717) is 16.9 Å². The minimum absolute atomic E-state index is 0.0993. The number of carbonyl (C=O) groups is 1. The van der Waals surface area contributed by atoms with E-state index in [9.17, 15) is 9.90 Å². The first kappa shape index (κ1) is 16.8. The number of carbonyl (C=O) groups excluding carboxylic acids is 1. The van der Waals surface area contributed by atoms with Crippen molar-refractivity contribution in [3.8, 4) is 5.75 Å². The van der Waals surface area contributed by atoms with Crippen molar-refractivity contribution in [3.05, 3.63) is 64.9 Å². The monoisotopic (exact) mass is 336 g/mol. The van der Waals surface area contributed by atoms with Crippen LogP contribution in [-0.2, 0) is 0 Å². The second kappa shape index (κ2) is 6.81. The molecule has 0 spiro atoms. The average Bonchev–Trinajstić information content (AvgIpc) is 2.97. The minimum atomic E-state index is -0.477. The molecule has 3 aromatic rings. The number of hydrogen-bond donors (Lipinski definition) is 2. The van der Waals surface area contributed by atoms with Gasteiger partial charge in [-0.25, -0.2) is 5.43 Å². The molecule has 0 atom stereocenters. The summed E-state index contributed by atoms with van der Waals surface area (Å²) in [6.07, 6.45) is 3.12. The van der Waals surface area contributed by atoms with Gasteiger partial charge in [-0.05, 0) is 41.7 Å². The molecule has 25 heavy (non-hydrogen) atoms. The van der Waals surface area contributed by atoms with E-state index in [2.05, 4.69) is 24.4 Å². The average molecular weight is 336 g/mol. The maximum absolute atomic E-state index is 12.3. The predicted molar refractivity (Wildman–Crippen MR) is 98.2 cm³/mol. The molecule has 1 aromatic heterocycles. The molecule has 0 aliphatic rings. The number of phenols is 1. The molecule has 5 heteroatoms. The van der Waals surface area contributed by atoms with Crippen LogP contribution in [0.4, 0.5) is 0 Å². The van der Waals surface area contributed by atoms with Crippen LogP contribution in [0.3, 0.4) is 0 Å². The molecule has 0 unspecified atom stereocenters. The van der Waals surface area contributed by atoms with E-state index < -0.39 is 5.91 Å². The Morgan fingerprint density at radius 3 is 2.60 bits per heavy atom. The maximum Gasteiger partial charge on any atom is 0.275 e. The molecule has 0 radical (unpaired) electrons. The van der Waals surface area contributed by atoms with Crippen molar-refractivity contribution in [2.45, 2.75) is 26.7 Å². The highest BCUT2D eigenvalue weighted by Crippen LogP contribution is 2.32. The number of rotatable bonds is 4. The Labute approximate surface area is 146 Å². The van der Waals surface area contributed by atoms with Crippen molar-refractivity contribution in [1.82, 2.24) is 5.43 Å². The van der Waals surface area contributed by atoms with Crippen molar-refractivity contribution < 1.29 is 14.3 Å². The molecule has 0 aliphatic carbocycles. The molecule has 0 bridgehead atoms. The molecule has 1 heterocycles. The highest BCUT2D eigenvalue weighted by Gasteiger charge is 2.16. The summed E-state index contributed by atoms with van der Waals surface area (Å²) in [4.78, 5) is 12.3. The Bertz CT molecular complexity index is 937. The Hall–Kier alpha value is -3.08. The van der Waals surface area contributed by atoms with Gasteiger partial charge in [0.05, 0.1) is 23.4 Å². The summed E-state index contributed by atoms with van der Waals surface area (Å²) in [7, 11) is 0. The smallest absolute Gasteiger partial charge is 0.275 e. The Morgan fingerprint density at radius 2 is 1.92 bits per heavy atom. The molecule has 128 valence electrons. The molecule has 0 aliphatic heterocycles. The van der Waals surface area contributed by atoms with Gasteiger partial charge >= 0.3 is 0 Å². The predicted octanol–water partition coefficient (Wildman–Crippen LogP) is 4.33. The van der Waals surface area contributed by atoms with E-state index in [1.807, 2.05) is 31.2 Å². The van der Waals surface area contributed by atoms with Gasteiger partial charge in [0.2, 0.25) is 0 Å². The number of nitrogens with zero attached hydrogens (tertiary/aromatic N) is 1. The van der Waals surface area contributed by atoms with Crippen molar-refractivity contribution in [1.29, 1.82) is 0 Å². The second-order valence-corrected chi connectivity index (χ2v) is 6.27. The molecule has 2 aromatic carbocycles. The van der Waals surface area contributed by atoms with Gasteiger partial charge in [0.15, 0.2) is 0 Å². The van der Waals surface area contributed by atoms with Gasteiger partial charge in [0.1, 0.15) is 11.3 Å². The van der Waals surface area contributed by atoms with Crippen LogP contribution in [-0.4, -0.2) is 17.2 Å². The molecule has 3 rings (SSSR count). The van der Waals surface area contributed by atoms with Crippen LogP contribution >= 0.6 is 0 Å². The lowest BCUT2D eigenvalue weighted by atomic mass is 10.0. The first-order valence-electron chi connectivity index (χ1n) is 8.10. The summed E-state index contributed by atoms with van der Waals surface area (Å²) in [5.41, 5.74) is 6.04. The first-order valence-corrected chi connectivity index (χ1v) is 8.10. The highest BCUT2D eigenvalue weighted by atomic mass is 16.3. The molecule has 1 amide bonds. The van der Waals surface area contributed by atoms with E-state index in [-0.39, 0.29) is 11.3 Å². The fourth-order valence-corrected chi connectivity index (χ4v) is 2.64. The van der Waals surface area contributed by atoms with Crippen LogP contribution in [0.1, 0.15) is 46.8 Å². The summed E-state index contributed by atoms with van der Waals surface area (Å²) < 4.78 is 5.31. The number of hydrazone groups is 1. The maximum atomic E-state index is 12.3. The van der Waals surface area contributed by atoms with Crippen LogP contribution in [0.2, 0.25) is 0 Å². The fraction of sp³-hybridized carbons (Fsp3) is 0.200. The number of phenolic OH excluding ortho intramolecular Hbond substituents is 1. The fourth-order valence-electron chi connectivity index (χ4n) is 2.64. The van der Waals surface area contributed by atoms with Crippen LogP contribution in [0.15, 0.2) is 52.2 Å². The van der Waals surface area contributed by atoms with Crippen molar-refractivity contribution in [2.24, 2.45) is 5.10 Å². The number of nitrogens with one attached hydrogen (secondary N) is 1. The first-order chi connectivity index (χ1) is 12.0. The third kappa shape index (κ3) is 3.40. The number of aromatic hydroxyl groups is 1. The minimum Gasteiger partial charge on any atom is -0.506 e. The van der Waals surface area contributed by atoms with Crippen molar-refractivity contribution in [3.63, 3.8) is 0 Å². The summed E-state index contributed by atoms with van der Waals surface area (Å²) in [5, 5.41) is 14.8. The lowest BCUT2D eigenvalue weighted by molar-refractivity contribution is 0.0952. The van der Waals surface area contributed by atoms with E-state index in [0.717, 1.165) is 11.1 Å². The van der Waals surface area contributed by atoms with Crippen molar-refractivity contribution in [2.75, 3.05) is 0 Å². The number of furan rings is 1. The summed E-state index contributed by atoms with van der Waals surface area (Å²) in [6.45, 7) is 6.08. The van der Waals surface area contributed by atoms with Gasteiger partial charge in [-0.2, -0.15) is 5.10 Å². The quantitative estimate of drug-likeness (QED) is 0.550. The zero-order chi connectivity index (χ0) is 18.0. The lowest BCUT2D eigenvalue weighted by Crippen LogP contribution is -2.17. The van der Waals surface area contributed by atoms with Crippen LogP contribution in [0, 0.1) is 6.92 Å². The van der Waals surface area contributed by atoms with E-state index in [1.165, 1.54) is 11.6 Å². The molecular weight excluding hydrogens is 316 g/mol. The van der Waals surface area contributed by atoms with Gasteiger partial charge in [-0.1, -0.05) is 38.1 Å². The second-order valence-electron chi connectivity index (χ2n) is 6.27. The number of benzene rings is 2. The Balaban J connectivity index is 1.74. The van der Waals surface area contributed by atoms with Crippen LogP contribution < -0.4 is 5.43 Å². The molecule has 0 fully saturated rings. The number of hydrogen-bond acceptors (Lipinski definition) is 4. The van der Waals surface area contributed by atoms with E-state index in [4.69, 9.17) is 4.42 Å². The van der Waals surface area contributed by atoms with Gasteiger partial charge in [-0.15, -0.1) is 0 Å². The van der Waals surface area contributed by atoms with E-state index >= 15 is 0 Å². The molecule has 5 nitrogen and oxygen atoms in total. The Kier molecular flexibility index (Phi) is 4.57. The largest absolute Gasteiger partial charge is 0.506 e. The summed E-state index contributed by atoms with van der Waals surface area (Å²) >= 11 is 0. The normalized spacial score (nSPS) is 11.5. The Morgan fingerprint density at radius 1 is 1.20 bits per heavy atom. The van der Waals surface area contributed by atoms with Gasteiger partial charge in [0, 0.05) is 0 Å². The molecule has 0 saturated carbocycles. The zero-order valence-corrected chi connectivity index (χ0v) is 14.4. The number of amides is 1. The third-order valence-corrected chi connectivity index (χ3v) is 4.12. The number of fused-ring (bicyclic) bond motifs is 1. The summed E-state index contributed by atoms with van der Waals surface area (Å²) in [5.74, 6) is -0.109. The molecule has 2 N–H and O–H groups in total. The third-order valence-electron chi connectivity index (χ3n) is 4.12. The van der Waals surface area contributed by atoms with Crippen LogP contribution in [0.5, 0.6) is 5.75 Å². The van der Waals surface area contributed by atoms with E-state index in [1.54, 1.807) is 18.5 Å². The lowest BCUT2D eigenvalue weighted by Gasteiger charge is -2.05.